The molecule has 2 N–H and O–H groups in total. The normalized spacial score (nSPS) is 20.5. The average Bonchev–Trinajstić information content (AvgIpc) is 2.42. The molecule has 2 rings (SSSR count). The number of nitrogens with one attached hydrogen (secondary N) is 1. The van der Waals surface area contributed by atoms with E-state index in [0.717, 1.165) is 6.07 Å². The number of alkyl halides is 3. The van der Waals surface area contributed by atoms with Crippen LogP contribution in [0.3, 0.4) is 0 Å². The van der Waals surface area contributed by atoms with Gasteiger partial charge in [0.2, 0.25) is 5.91 Å². The maximum Gasteiger partial charge on any atom is 0.416 e. The SMILES string of the molecule is COc1ccc(CNC(=O)C2CCC2C(=O)O)c(C(F)(F)F)c1. The summed E-state index contributed by atoms with van der Waals surface area (Å²) in [6.45, 7) is -0.319. The lowest BCUT2D eigenvalue weighted by atomic mass is 9.73. The van der Waals surface area contributed by atoms with E-state index in [-0.39, 0.29) is 17.9 Å². The molecule has 0 heterocycles. The Morgan fingerprint density at radius 1 is 1.30 bits per heavy atom. The topological polar surface area (TPSA) is 75.6 Å². The highest BCUT2D eigenvalue weighted by molar-refractivity contribution is 5.86. The first-order valence-electron chi connectivity index (χ1n) is 6.98. The molecule has 0 bridgehead atoms. The Morgan fingerprint density at radius 2 is 1.96 bits per heavy atom. The Balaban J connectivity index is 2.08. The lowest BCUT2D eigenvalue weighted by Gasteiger charge is -2.32. The summed E-state index contributed by atoms with van der Waals surface area (Å²) < 4.78 is 43.9. The van der Waals surface area contributed by atoms with E-state index < -0.39 is 35.5 Å². The van der Waals surface area contributed by atoms with Gasteiger partial charge in [0.25, 0.3) is 0 Å². The van der Waals surface area contributed by atoms with Crippen molar-refractivity contribution in [3.05, 3.63) is 29.3 Å². The standard InChI is InChI=1S/C15H16F3NO4/c1-23-9-3-2-8(12(6-9)15(16,17)18)7-19-13(20)10-4-5-11(10)14(21)22/h2-3,6,10-11H,4-5,7H2,1H3,(H,19,20)(H,21,22). The zero-order valence-electron chi connectivity index (χ0n) is 12.3. The Kier molecular flexibility index (Phi) is 4.82. The second-order valence-corrected chi connectivity index (χ2v) is 5.37. The second-order valence-electron chi connectivity index (χ2n) is 5.37. The molecule has 1 aliphatic rings. The molecule has 1 fully saturated rings. The fourth-order valence-corrected chi connectivity index (χ4v) is 2.52. The predicted octanol–water partition coefficient (Wildman–Crippen LogP) is 2.44. The van der Waals surface area contributed by atoms with Gasteiger partial charge in [-0.1, -0.05) is 6.07 Å². The zero-order chi connectivity index (χ0) is 17.2. The van der Waals surface area contributed by atoms with Crippen molar-refractivity contribution in [2.45, 2.75) is 25.6 Å². The summed E-state index contributed by atoms with van der Waals surface area (Å²) in [7, 11) is 1.26. The molecule has 1 aromatic rings. The number of halogens is 3. The number of benzene rings is 1. The fraction of sp³-hybridized carbons (Fsp3) is 0.467. The third kappa shape index (κ3) is 3.75. The largest absolute Gasteiger partial charge is 0.497 e. The number of amides is 1. The summed E-state index contributed by atoms with van der Waals surface area (Å²) in [6.07, 6.45) is -3.74. The number of methoxy groups -OCH3 is 1. The minimum absolute atomic E-state index is 0.0670. The second kappa shape index (κ2) is 6.47. The van der Waals surface area contributed by atoms with E-state index in [4.69, 9.17) is 9.84 Å². The molecule has 23 heavy (non-hydrogen) atoms. The molecule has 1 amide bonds. The number of hydrogen-bond acceptors (Lipinski definition) is 3. The first-order chi connectivity index (χ1) is 10.7. The molecule has 0 radical (unpaired) electrons. The van der Waals surface area contributed by atoms with E-state index >= 15 is 0 Å². The van der Waals surface area contributed by atoms with Crippen LogP contribution in [0.5, 0.6) is 5.75 Å². The lowest BCUT2D eigenvalue weighted by Crippen LogP contribution is -2.43. The van der Waals surface area contributed by atoms with Crippen LogP contribution < -0.4 is 10.1 Å². The van der Waals surface area contributed by atoms with Crippen LogP contribution in [0, 0.1) is 11.8 Å². The van der Waals surface area contributed by atoms with E-state index in [1.165, 1.54) is 19.2 Å². The van der Waals surface area contributed by atoms with Gasteiger partial charge in [-0.2, -0.15) is 13.2 Å². The number of carboxylic acid groups (broad SMARTS) is 1. The van der Waals surface area contributed by atoms with Gasteiger partial charge in [0.15, 0.2) is 0 Å². The number of aliphatic carboxylic acids is 1. The van der Waals surface area contributed by atoms with Gasteiger partial charge < -0.3 is 15.2 Å². The van der Waals surface area contributed by atoms with Crippen LogP contribution in [-0.4, -0.2) is 24.1 Å². The Labute approximate surface area is 130 Å². The Morgan fingerprint density at radius 3 is 2.43 bits per heavy atom. The van der Waals surface area contributed by atoms with E-state index in [9.17, 15) is 22.8 Å². The Hall–Kier alpha value is -2.25. The highest BCUT2D eigenvalue weighted by atomic mass is 19.4. The molecule has 0 spiro atoms. The van der Waals surface area contributed by atoms with Gasteiger partial charge in [-0.25, -0.2) is 0 Å². The first-order valence-corrected chi connectivity index (χ1v) is 6.98. The smallest absolute Gasteiger partial charge is 0.416 e. The number of carboxylic acids is 1. The molecule has 2 atom stereocenters. The van der Waals surface area contributed by atoms with Crippen molar-refractivity contribution in [1.29, 1.82) is 0 Å². The summed E-state index contributed by atoms with van der Waals surface area (Å²) >= 11 is 0. The quantitative estimate of drug-likeness (QED) is 0.869. The van der Waals surface area contributed by atoms with Crippen molar-refractivity contribution in [2.24, 2.45) is 11.8 Å². The van der Waals surface area contributed by atoms with E-state index in [1.54, 1.807) is 0 Å². The van der Waals surface area contributed by atoms with Crippen LogP contribution in [0.1, 0.15) is 24.0 Å². The maximum atomic E-state index is 13.0. The van der Waals surface area contributed by atoms with E-state index in [2.05, 4.69) is 5.32 Å². The highest BCUT2D eigenvalue weighted by Crippen LogP contribution is 2.36. The summed E-state index contributed by atoms with van der Waals surface area (Å²) in [5.74, 6) is -2.96. The number of carbonyl (C=O) groups excluding carboxylic acids is 1. The van der Waals surface area contributed by atoms with Gasteiger partial charge in [0.1, 0.15) is 5.75 Å². The molecular weight excluding hydrogens is 315 g/mol. The van der Waals surface area contributed by atoms with Gasteiger partial charge in [-0.15, -0.1) is 0 Å². The third-order valence-corrected chi connectivity index (χ3v) is 4.00. The summed E-state index contributed by atoms with van der Waals surface area (Å²) in [4.78, 5) is 22.8. The van der Waals surface area contributed by atoms with Gasteiger partial charge >= 0.3 is 12.1 Å². The van der Waals surface area contributed by atoms with Crippen LogP contribution in [0.2, 0.25) is 0 Å². The molecule has 0 aliphatic heterocycles. The number of rotatable bonds is 5. The maximum absolute atomic E-state index is 13.0. The lowest BCUT2D eigenvalue weighted by molar-refractivity contribution is -0.152. The van der Waals surface area contributed by atoms with Gasteiger partial charge in [-0.05, 0) is 30.5 Å². The molecule has 1 saturated carbocycles. The average molecular weight is 331 g/mol. The predicted molar refractivity (Wildman–Crippen MR) is 73.7 cm³/mol. The summed E-state index contributed by atoms with van der Waals surface area (Å²) in [5.41, 5.74) is -0.988. The van der Waals surface area contributed by atoms with Crippen LogP contribution in [0.15, 0.2) is 18.2 Å². The zero-order valence-corrected chi connectivity index (χ0v) is 12.3. The number of hydrogen-bond donors (Lipinski definition) is 2. The van der Waals surface area contributed by atoms with Crippen LogP contribution in [-0.2, 0) is 22.3 Å². The van der Waals surface area contributed by atoms with Gasteiger partial charge in [0.05, 0.1) is 24.5 Å². The molecule has 0 aromatic heterocycles. The van der Waals surface area contributed by atoms with Crippen LogP contribution in [0.25, 0.3) is 0 Å². The minimum Gasteiger partial charge on any atom is -0.497 e. The number of carbonyl (C=O) groups is 2. The Bertz CT molecular complexity index is 615. The van der Waals surface area contributed by atoms with E-state index in [0.29, 0.717) is 12.8 Å². The van der Waals surface area contributed by atoms with Gasteiger partial charge in [-0.3, -0.25) is 9.59 Å². The molecule has 126 valence electrons. The van der Waals surface area contributed by atoms with Crippen molar-refractivity contribution in [2.75, 3.05) is 7.11 Å². The molecule has 0 saturated heterocycles. The highest BCUT2D eigenvalue weighted by Gasteiger charge is 2.41. The first kappa shape index (κ1) is 17.1. The fourth-order valence-electron chi connectivity index (χ4n) is 2.52. The molecule has 1 aliphatic carbocycles. The molecular formula is C15H16F3NO4. The van der Waals surface area contributed by atoms with Crippen molar-refractivity contribution in [3.63, 3.8) is 0 Å². The van der Waals surface area contributed by atoms with Crippen molar-refractivity contribution < 1.29 is 32.6 Å². The van der Waals surface area contributed by atoms with Crippen molar-refractivity contribution in [1.82, 2.24) is 5.32 Å². The molecule has 1 aromatic carbocycles. The van der Waals surface area contributed by atoms with Gasteiger partial charge in [0, 0.05) is 6.54 Å². The number of ether oxygens (including phenoxy) is 1. The molecule has 5 nitrogen and oxygen atoms in total. The summed E-state index contributed by atoms with van der Waals surface area (Å²) in [5, 5.41) is 11.3. The monoisotopic (exact) mass is 331 g/mol. The van der Waals surface area contributed by atoms with E-state index in [1.807, 2.05) is 0 Å². The molecule has 2 unspecified atom stereocenters. The minimum atomic E-state index is -4.57. The molecule has 8 heteroatoms. The van der Waals surface area contributed by atoms with Crippen molar-refractivity contribution in [3.8, 4) is 5.75 Å². The summed E-state index contributed by atoms with van der Waals surface area (Å²) in [6, 6.07) is 3.47. The third-order valence-electron chi connectivity index (χ3n) is 4.00. The van der Waals surface area contributed by atoms with Crippen LogP contribution >= 0.6 is 0 Å². The van der Waals surface area contributed by atoms with Crippen LogP contribution in [0.4, 0.5) is 13.2 Å². The van der Waals surface area contributed by atoms with Crippen molar-refractivity contribution >= 4 is 11.9 Å².